The van der Waals surface area contributed by atoms with Crippen LogP contribution < -0.4 is 5.73 Å². The first kappa shape index (κ1) is 20.4. The van der Waals surface area contributed by atoms with Crippen molar-refractivity contribution < 1.29 is 9.18 Å². The molecular weight excluding hydrogens is 373 g/mol. The molecule has 0 saturated heterocycles. The minimum atomic E-state index is -0.352. The van der Waals surface area contributed by atoms with Crippen LogP contribution in [0.25, 0.3) is 16.6 Å². The highest BCUT2D eigenvalue weighted by atomic mass is 19.1. The predicted molar refractivity (Wildman–Crippen MR) is 111 cm³/mol. The van der Waals surface area contributed by atoms with Crippen LogP contribution in [0.2, 0.25) is 0 Å². The number of hydrogen-bond donors (Lipinski definition) is 1. The summed E-state index contributed by atoms with van der Waals surface area (Å²) >= 11 is 0. The number of aromatic nitrogens is 4. The summed E-state index contributed by atoms with van der Waals surface area (Å²) in [6, 6.07) is 2.82. The lowest BCUT2D eigenvalue weighted by Crippen LogP contribution is -2.28. The summed E-state index contributed by atoms with van der Waals surface area (Å²) in [4.78, 5) is 26.4. The maximum absolute atomic E-state index is 13.9. The first-order chi connectivity index (χ1) is 13.8. The average Bonchev–Trinajstić information content (AvgIpc) is 3.12. The second-order valence-electron chi connectivity index (χ2n) is 6.87. The maximum Gasteiger partial charge on any atom is 0.271 e. The number of nitrogens with two attached hydrogens (primary N) is 1. The number of anilines is 1. The molecule has 0 radical (unpaired) electrons. The van der Waals surface area contributed by atoms with Gasteiger partial charge in [-0.15, -0.1) is 5.10 Å². The molecule has 8 nitrogen and oxygen atoms in total. The number of carbonyl (C=O) groups is 1. The van der Waals surface area contributed by atoms with Gasteiger partial charge in [0.05, 0.1) is 5.52 Å². The smallest absolute Gasteiger partial charge is 0.271 e. The van der Waals surface area contributed by atoms with Gasteiger partial charge in [0.15, 0.2) is 11.5 Å². The van der Waals surface area contributed by atoms with Gasteiger partial charge in [0.2, 0.25) is 5.95 Å². The lowest BCUT2D eigenvalue weighted by molar-refractivity contribution is -0.126. The van der Waals surface area contributed by atoms with E-state index in [1.165, 1.54) is 16.6 Å². The van der Waals surface area contributed by atoms with Crippen LogP contribution in [-0.2, 0) is 11.2 Å². The molecular formula is C20H24FN7O. The van der Waals surface area contributed by atoms with Gasteiger partial charge in [0.25, 0.3) is 5.91 Å². The minimum absolute atomic E-state index is 0.156. The fraction of sp³-hybridized carbons (Fsp3) is 0.350. The quantitative estimate of drug-likeness (QED) is 0.375. The van der Waals surface area contributed by atoms with Crippen molar-refractivity contribution in [2.24, 2.45) is 4.99 Å². The number of fused-ring (bicyclic) bond motifs is 3. The van der Waals surface area contributed by atoms with Gasteiger partial charge >= 0.3 is 0 Å². The van der Waals surface area contributed by atoms with Crippen molar-refractivity contribution in [2.45, 2.75) is 33.1 Å². The number of likely N-dealkylation sites (N-methyl/N-ethyl adjacent to an activating group) is 1. The third-order valence-electron chi connectivity index (χ3n) is 4.75. The van der Waals surface area contributed by atoms with Crippen molar-refractivity contribution in [3.8, 4) is 0 Å². The SMILES string of the molecule is C=N/C(=C\C)C(=O)N(C)CCCCc1nc2c3cc(F)cc(C)c3nc(N)n2n1. The average molecular weight is 397 g/mol. The third-order valence-corrected chi connectivity index (χ3v) is 4.75. The highest BCUT2D eigenvalue weighted by molar-refractivity contribution is 5.94. The number of aliphatic imine (C=N–C) groups is 1. The Labute approximate surface area is 168 Å². The molecule has 3 rings (SSSR count). The van der Waals surface area contributed by atoms with Gasteiger partial charge in [-0.25, -0.2) is 14.4 Å². The largest absolute Gasteiger partial charge is 0.368 e. The van der Waals surface area contributed by atoms with Crippen LogP contribution in [0, 0.1) is 12.7 Å². The summed E-state index contributed by atoms with van der Waals surface area (Å²) in [6.07, 6.45) is 3.79. The lowest BCUT2D eigenvalue weighted by atomic mass is 10.1. The van der Waals surface area contributed by atoms with Crippen LogP contribution in [0.15, 0.2) is 28.9 Å². The molecule has 0 aliphatic heterocycles. The maximum atomic E-state index is 13.9. The lowest BCUT2D eigenvalue weighted by Gasteiger charge is -2.16. The Morgan fingerprint density at radius 3 is 2.83 bits per heavy atom. The summed E-state index contributed by atoms with van der Waals surface area (Å²) in [5, 5.41) is 4.99. The summed E-state index contributed by atoms with van der Waals surface area (Å²) < 4.78 is 15.3. The number of benzene rings is 1. The number of nitrogen functional groups attached to an aromatic ring is 1. The van der Waals surface area contributed by atoms with E-state index in [0.29, 0.717) is 46.6 Å². The van der Waals surface area contributed by atoms with Gasteiger partial charge in [0.1, 0.15) is 11.5 Å². The fourth-order valence-corrected chi connectivity index (χ4v) is 3.22. The molecule has 3 aromatic rings. The first-order valence-electron chi connectivity index (χ1n) is 9.35. The molecule has 0 spiro atoms. The summed E-state index contributed by atoms with van der Waals surface area (Å²) in [5.41, 5.74) is 8.16. The monoisotopic (exact) mass is 397 g/mol. The fourth-order valence-electron chi connectivity index (χ4n) is 3.22. The second kappa shape index (κ2) is 8.34. The van der Waals surface area contributed by atoms with Gasteiger partial charge in [-0.1, -0.05) is 6.08 Å². The van der Waals surface area contributed by atoms with Crippen LogP contribution in [0.5, 0.6) is 0 Å². The molecule has 152 valence electrons. The molecule has 0 bridgehead atoms. The van der Waals surface area contributed by atoms with E-state index in [0.717, 1.165) is 12.8 Å². The van der Waals surface area contributed by atoms with Crippen molar-refractivity contribution in [3.05, 3.63) is 41.1 Å². The number of halogens is 1. The topological polar surface area (TPSA) is 102 Å². The number of nitrogens with zero attached hydrogens (tertiary/aromatic N) is 6. The normalized spacial score (nSPS) is 11.9. The van der Waals surface area contributed by atoms with Crippen molar-refractivity contribution in [3.63, 3.8) is 0 Å². The van der Waals surface area contributed by atoms with Crippen molar-refractivity contribution in [1.82, 2.24) is 24.5 Å². The molecule has 0 unspecified atom stereocenters. The van der Waals surface area contributed by atoms with Crippen LogP contribution in [0.3, 0.4) is 0 Å². The Morgan fingerprint density at radius 1 is 1.38 bits per heavy atom. The number of rotatable bonds is 7. The molecule has 0 atom stereocenters. The molecule has 2 N–H and O–H groups in total. The summed E-state index contributed by atoms with van der Waals surface area (Å²) in [6.45, 7) is 7.52. The molecule has 9 heteroatoms. The van der Waals surface area contributed by atoms with E-state index >= 15 is 0 Å². The molecule has 0 fully saturated rings. The summed E-state index contributed by atoms with van der Waals surface area (Å²) in [7, 11) is 1.73. The zero-order valence-corrected chi connectivity index (χ0v) is 16.8. The molecule has 0 saturated carbocycles. The van der Waals surface area contributed by atoms with E-state index in [1.54, 1.807) is 31.9 Å². The first-order valence-corrected chi connectivity index (χ1v) is 9.35. The van der Waals surface area contributed by atoms with Gasteiger partial charge in [-0.3, -0.25) is 9.79 Å². The third kappa shape index (κ3) is 4.08. The number of hydrogen-bond acceptors (Lipinski definition) is 6. The standard InChI is InChI=1S/C20H24FN7O/c1-5-15(23-3)19(29)27(4)9-7-6-8-16-24-18-14-11-13(21)10-12(2)17(14)25-20(22)28(18)26-16/h5,10-11H,3,6-9H2,1-2,4H3,(H2,22,25)/b15-5-. The number of allylic oxidation sites excluding steroid dienone is 1. The predicted octanol–water partition coefficient (Wildman–Crippen LogP) is 2.69. The second-order valence-corrected chi connectivity index (χ2v) is 6.87. The van der Waals surface area contributed by atoms with Crippen molar-refractivity contribution in [2.75, 3.05) is 19.3 Å². The Bertz CT molecular complexity index is 1120. The van der Waals surface area contributed by atoms with E-state index in [1.807, 2.05) is 0 Å². The Balaban J connectivity index is 1.72. The van der Waals surface area contributed by atoms with Gasteiger partial charge < -0.3 is 10.6 Å². The highest BCUT2D eigenvalue weighted by Gasteiger charge is 2.15. The minimum Gasteiger partial charge on any atom is -0.368 e. The Kier molecular flexibility index (Phi) is 5.86. The van der Waals surface area contributed by atoms with Gasteiger partial charge in [-0.2, -0.15) is 4.52 Å². The van der Waals surface area contributed by atoms with Gasteiger partial charge in [-0.05, 0) is 51.1 Å². The van der Waals surface area contributed by atoms with E-state index in [9.17, 15) is 9.18 Å². The Morgan fingerprint density at radius 2 is 2.14 bits per heavy atom. The van der Waals surface area contributed by atoms with Crippen LogP contribution in [0.1, 0.15) is 31.2 Å². The molecule has 0 aliphatic carbocycles. The Hall–Kier alpha value is -3.36. The highest BCUT2D eigenvalue weighted by Crippen LogP contribution is 2.24. The van der Waals surface area contributed by atoms with Crippen LogP contribution in [-0.4, -0.2) is 50.7 Å². The van der Waals surface area contributed by atoms with Crippen molar-refractivity contribution in [1.29, 1.82) is 0 Å². The van der Waals surface area contributed by atoms with Crippen molar-refractivity contribution >= 4 is 35.1 Å². The molecule has 2 aromatic heterocycles. The number of aryl methyl sites for hydroxylation is 2. The zero-order valence-electron chi connectivity index (χ0n) is 16.8. The number of amides is 1. The van der Waals surface area contributed by atoms with E-state index in [-0.39, 0.29) is 17.7 Å². The molecule has 0 aliphatic rings. The number of carbonyl (C=O) groups excluding carboxylic acids is 1. The number of unbranched alkanes of at least 4 members (excludes halogenated alkanes) is 1. The van der Waals surface area contributed by atoms with Crippen LogP contribution >= 0.6 is 0 Å². The van der Waals surface area contributed by atoms with Gasteiger partial charge in [0, 0.05) is 25.4 Å². The van der Waals surface area contributed by atoms with Crippen LogP contribution in [0.4, 0.5) is 10.3 Å². The molecule has 1 aromatic carbocycles. The van der Waals surface area contributed by atoms with E-state index in [2.05, 4.69) is 26.8 Å². The molecule has 29 heavy (non-hydrogen) atoms. The summed E-state index contributed by atoms with van der Waals surface area (Å²) in [5.74, 6) is 0.303. The van der Waals surface area contributed by atoms with E-state index in [4.69, 9.17) is 5.73 Å². The molecule has 2 heterocycles. The molecule has 1 amide bonds. The zero-order chi connectivity index (χ0) is 21.1. The van der Waals surface area contributed by atoms with E-state index < -0.39 is 0 Å².